The standard InChI is InChI=1S/C9H16O4.C6H12O6.C2H4/c10-8(11)6-4-2-1-3-5-7-9(12)13;7-1-3(9)5(11)6(12)4(10)2-8;1-2/h1-7H2,(H,10,11)(H,12,13);1,3-6,8-12H,2H2;1-2H2. The first kappa shape index (κ1) is 29.9. The Morgan fingerprint density at radius 3 is 1.44 bits per heavy atom. The third-order valence-corrected chi connectivity index (χ3v) is 3.20. The van der Waals surface area contributed by atoms with Gasteiger partial charge in [-0.1, -0.05) is 19.3 Å². The quantitative estimate of drug-likeness (QED) is 0.119. The van der Waals surface area contributed by atoms with Crippen molar-refractivity contribution in [3.63, 3.8) is 0 Å². The van der Waals surface area contributed by atoms with E-state index in [1.54, 1.807) is 0 Å². The van der Waals surface area contributed by atoms with E-state index in [1.165, 1.54) is 0 Å². The van der Waals surface area contributed by atoms with E-state index in [0.717, 1.165) is 19.3 Å². The van der Waals surface area contributed by atoms with Crippen LogP contribution >= 0.6 is 0 Å². The molecule has 0 radical (unpaired) electrons. The molecule has 0 heterocycles. The molecular weight excluding hydrogens is 364 g/mol. The van der Waals surface area contributed by atoms with Gasteiger partial charge < -0.3 is 40.5 Å². The molecule has 0 rings (SSSR count). The lowest BCUT2D eigenvalue weighted by Gasteiger charge is -2.22. The monoisotopic (exact) mass is 396 g/mol. The second-order valence-electron chi connectivity index (χ2n) is 5.41. The molecule has 4 unspecified atom stereocenters. The first-order valence-electron chi connectivity index (χ1n) is 8.39. The first-order chi connectivity index (χ1) is 12.7. The Morgan fingerprint density at radius 2 is 1.15 bits per heavy atom. The molecule has 0 saturated heterocycles. The Balaban J connectivity index is -0.000000391. The van der Waals surface area contributed by atoms with Crippen LogP contribution in [0.5, 0.6) is 0 Å². The van der Waals surface area contributed by atoms with Crippen molar-refractivity contribution < 1.29 is 50.1 Å². The second kappa shape index (κ2) is 20.5. The van der Waals surface area contributed by atoms with Crippen LogP contribution in [-0.4, -0.2) is 85.0 Å². The van der Waals surface area contributed by atoms with E-state index in [9.17, 15) is 14.4 Å². The number of aliphatic hydroxyl groups excluding tert-OH is 5. The summed E-state index contributed by atoms with van der Waals surface area (Å²) in [5.74, 6) is -1.52. The van der Waals surface area contributed by atoms with Gasteiger partial charge in [0.2, 0.25) is 0 Å². The van der Waals surface area contributed by atoms with Gasteiger partial charge in [-0.15, -0.1) is 13.2 Å². The van der Waals surface area contributed by atoms with Crippen LogP contribution in [0.2, 0.25) is 0 Å². The highest BCUT2D eigenvalue weighted by Crippen LogP contribution is 2.07. The number of aliphatic hydroxyl groups is 5. The zero-order valence-electron chi connectivity index (χ0n) is 15.3. The SMILES string of the molecule is C=C.O=C(O)CCCCCCCC(=O)O.O=CC(O)C(O)C(O)C(O)CO. The minimum atomic E-state index is -1.79. The molecule has 10 nitrogen and oxygen atoms in total. The normalized spacial score (nSPS) is 14.3. The van der Waals surface area contributed by atoms with E-state index in [1.807, 2.05) is 0 Å². The molecule has 0 saturated carbocycles. The molecule has 0 aromatic carbocycles. The summed E-state index contributed by atoms with van der Waals surface area (Å²) < 4.78 is 0. The first-order valence-corrected chi connectivity index (χ1v) is 8.39. The van der Waals surface area contributed by atoms with Gasteiger partial charge in [0, 0.05) is 12.8 Å². The summed E-state index contributed by atoms with van der Waals surface area (Å²) in [5.41, 5.74) is 0. The summed E-state index contributed by atoms with van der Waals surface area (Å²) in [4.78, 5) is 30.1. The van der Waals surface area contributed by atoms with Crippen molar-refractivity contribution in [3.8, 4) is 0 Å². The smallest absolute Gasteiger partial charge is 0.303 e. The van der Waals surface area contributed by atoms with Crippen LogP contribution in [0.4, 0.5) is 0 Å². The van der Waals surface area contributed by atoms with E-state index < -0.39 is 43.0 Å². The number of aldehydes is 1. The molecule has 0 aromatic rings. The Morgan fingerprint density at radius 1 is 0.778 bits per heavy atom. The molecule has 0 spiro atoms. The summed E-state index contributed by atoms with van der Waals surface area (Å²) in [6.45, 7) is 5.24. The van der Waals surface area contributed by atoms with Crippen LogP contribution in [0.1, 0.15) is 44.9 Å². The largest absolute Gasteiger partial charge is 0.481 e. The Bertz CT molecular complexity index is 370. The van der Waals surface area contributed by atoms with Crippen molar-refractivity contribution in [2.24, 2.45) is 0 Å². The lowest BCUT2D eigenvalue weighted by Crippen LogP contribution is -2.46. The lowest BCUT2D eigenvalue weighted by atomic mass is 10.0. The fraction of sp³-hybridized carbons (Fsp3) is 0.706. The third kappa shape index (κ3) is 20.3. The Kier molecular flexibility index (Phi) is 22.7. The zero-order valence-corrected chi connectivity index (χ0v) is 15.3. The molecule has 4 atom stereocenters. The van der Waals surface area contributed by atoms with Gasteiger partial charge in [0.15, 0.2) is 6.29 Å². The van der Waals surface area contributed by atoms with Gasteiger partial charge in [0.1, 0.15) is 24.4 Å². The highest BCUT2D eigenvalue weighted by molar-refractivity contribution is 5.66. The minimum absolute atomic E-state index is 0.0258. The summed E-state index contributed by atoms with van der Waals surface area (Å²) in [5, 5.41) is 60.2. The molecule has 0 fully saturated rings. The Labute approximate surface area is 158 Å². The van der Waals surface area contributed by atoms with Crippen LogP contribution in [-0.2, 0) is 14.4 Å². The van der Waals surface area contributed by atoms with Crippen molar-refractivity contribution in [2.45, 2.75) is 69.4 Å². The fourth-order valence-electron chi connectivity index (χ4n) is 1.70. The van der Waals surface area contributed by atoms with Crippen LogP contribution in [0.15, 0.2) is 13.2 Å². The van der Waals surface area contributed by atoms with Gasteiger partial charge in [-0.3, -0.25) is 9.59 Å². The number of hydrogen-bond acceptors (Lipinski definition) is 8. The fourth-order valence-corrected chi connectivity index (χ4v) is 1.70. The maximum atomic E-state index is 10.1. The Hall–Kier alpha value is -1.85. The van der Waals surface area contributed by atoms with Crippen LogP contribution < -0.4 is 0 Å². The molecule has 0 aliphatic rings. The van der Waals surface area contributed by atoms with E-state index in [-0.39, 0.29) is 19.1 Å². The van der Waals surface area contributed by atoms with E-state index in [4.69, 9.17) is 35.7 Å². The van der Waals surface area contributed by atoms with Gasteiger partial charge in [-0.25, -0.2) is 0 Å². The maximum Gasteiger partial charge on any atom is 0.303 e. The highest BCUT2D eigenvalue weighted by atomic mass is 16.4. The van der Waals surface area contributed by atoms with Crippen molar-refractivity contribution in [3.05, 3.63) is 13.2 Å². The van der Waals surface area contributed by atoms with Gasteiger partial charge >= 0.3 is 11.9 Å². The summed E-state index contributed by atoms with van der Waals surface area (Å²) in [7, 11) is 0. The minimum Gasteiger partial charge on any atom is -0.481 e. The molecule has 10 heteroatoms. The third-order valence-electron chi connectivity index (χ3n) is 3.20. The summed E-state index contributed by atoms with van der Waals surface area (Å²) >= 11 is 0. The number of aliphatic carboxylic acids is 2. The van der Waals surface area contributed by atoms with Crippen molar-refractivity contribution >= 4 is 18.2 Å². The number of carboxylic acids is 2. The average Bonchev–Trinajstić information content (AvgIpc) is 2.66. The molecule has 0 bridgehead atoms. The summed E-state index contributed by atoms with van der Waals surface area (Å²) in [6.07, 6.45) is -2.31. The van der Waals surface area contributed by atoms with Crippen molar-refractivity contribution in [2.75, 3.05) is 6.61 Å². The van der Waals surface area contributed by atoms with E-state index in [2.05, 4.69) is 13.2 Å². The average molecular weight is 396 g/mol. The molecule has 0 aliphatic heterocycles. The van der Waals surface area contributed by atoms with Gasteiger partial charge in [-0.2, -0.15) is 0 Å². The molecule has 160 valence electrons. The van der Waals surface area contributed by atoms with Gasteiger partial charge in [0.05, 0.1) is 6.61 Å². The van der Waals surface area contributed by atoms with Crippen LogP contribution in [0.3, 0.4) is 0 Å². The van der Waals surface area contributed by atoms with Crippen LogP contribution in [0, 0.1) is 0 Å². The van der Waals surface area contributed by atoms with E-state index >= 15 is 0 Å². The number of carboxylic acid groups (broad SMARTS) is 2. The second-order valence-corrected chi connectivity index (χ2v) is 5.41. The molecule has 0 aliphatic carbocycles. The topological polar surface area (TPSA) is 193 Å². The molecule has 27 heavy (non-hydrogen) atoms. The maximum absolute atomic E-state index is 10.1. The number of carbonyl (C=O) groups is 3. The predicted octanol–water partition coefficient (Wildman–Crippen LogP) is -0.690. The molecule has 0 aromatic heterocycles. The summed E-state index contributed by atoms with van der Waals surface area (Å²) in [6, 6.07) is 0. The highest BCUT2D eigenvalue weighted by Gasteiger charge is 2.29. The van der Waals surface area contributed by atoms with Crippen LogP contribution in [0.25, 0.3) is 0 Å². The van der Waals surface area contributed by atoms with Crippen molar-refractivity contribution in [1.29, 1.82) is 0 Å². The van der Waals surface area contributed by atoms with Gasteiger partial charge in [0.25, 0.3) is 0 Å². The predicted molar refractivity (Wildman–Crippen MR) is 96.0 cm³/mol. The molecule has 7 N–H and O–H groups in total. The molecule has 0 amide bonds. The number of hydrogen-bond donors (Lipinski definition) is 7. The number of unbranched alkanes of at least 4 members (excludes halogenated alkanes) is 4. The van der Waals surface area contributed by atoms with E-state index in [0.29, 0.717) is 12.8 Å². The van der Waals surface area contributed by atoms with Gasteiger partial charge in [-0.05, 0) is 12.8 Å². The molecular formula is C17H32O10. The zero-order chi connectivity index (χ0) is 21.8. The number of carbonyl (C=O) groups excluding carboxylic acids is 1. The number of rotatable bonds is 13. The van der Waals surface area contributed by atoms with Crippen molar-refractivity contribution in [1.82, 2.24) is 0 Å². The lowest BCUT2D eigenvalue weighted by molar-refractivity contribution is -0.138.